The number of aryl methyl sites for hydroxylation is 2. The van der Waals surface area contributed by atoms with Crippen LogP contribution in [-0.4, -0.2) is 48.8 Å². The zero-order chi connectivity index (χ0) is 30.7. The molecule has 0 spiro atoms. The summed E-state index contributed by atoms with van der Waals surface area (Å²) in [7, 11) is 2.00. The van der Waals surface area contributed by atoms with Crippen LogP contribution in [0.2, 0.25) is 0 Å². The second-order valence-corrected chi connectivity index (χ2v) is 10.7. The monoisotopic (exact) mass is 589 g/mol. The van der Waals surface area contributed by atoms with Crippen molar-refractivity contribution in [2.75, 3.05) is 26.7 Å². The van der Waals surface area contributed by atoms with E-state index in [0.29, 0.717) is 48.4 Å². The molecular weight excluding hydrogens is 550 g/mol. The molecule has 3 aromatic rings. The third-order valence-corrected chi connectivity index (χ3v) is 6.74. The van der Waals surface area contributed by atoms with E-state index < -0.39 is 29.6 Å². The highest BCUT2D eigenvalue weighted by molar-refractivity contribution is 5.93. The quantitative estimate of drug-likeness (QED) is 0.149. The van der Waals surface area contributed by atoms with Crippen LogP contribution in [0.3, 0.4) is 0 Å². The Hall–Kier alpha value is -3.47. The minimum absolute atomic E-state index is 0.191. The fourth-order valence-corrected chi connectivity index (χ4v) is 4.69. The molecule has 0 aliphatic rings. The molecule has 4 N–H and O–H groups in total. The Morgan fingerprint density at radius 3 is 2.57 bits per heavy atom. The zero-order valence-corrected chi connectivity index (χ0v) is 24.0. The highest BCUT2D eigenvalue weighted by Crippen LogP contribution is 2.29. The molecule has 0 saturated carbocycles. The highest BCUT2D eigenvalue weighted by Gasteiger charge is 2.30. The second kappa shape index (κ2) is 15.7. The Balaban J connectivity index is 1.36. The summed E-state index contributed by atoms with van der Waals surface area (Å²) in [6.45, 7) is 4.24. The smallest absolute Gasteiger partial charge is 0.416 e. The lowest BCUT2D eigenvalue weighted by Crippen LogP contribution is -2.27. The standard InChI is InChI=1S/C32H39F4N3O3/c1-22-12-25(14-26(13-22)31(37)41)21-39(2)10-3-4-11-42-30-17-23(16-28(33)18-30)8-9-29(40)20-38-19-24-6-5-7-27(15-24)32(34,35)36/h5-7,12-18,29,38,40H,3-4,8-11,19-21H2,1-2H3,(H2,37,41)/t29-/m0/s1. The summed E-state index contributed by atoms with van der Waals surface area (Å²) in [6, 6.07) is 15.2. The first-order chi connectivity index (χ1) is 19.9. The molecule has 1 amide bonds. The number of aliphatic hydroxyl groups excluding tert-OH is 1. The van der Waals surface area contributed by atoms with Gasteiger partial charge in [0.15, 0.2) is 0 Å². The van der Waals surface area contributed by atoms with Gasteiger partial charge in [-0.3, -0.25) is 4.79 Å². The van der Waals surface area contributed by atoms with E-state index in [0.717, 1.165) is 42.6 Å². The van der Waals surface area contributed by atoms with Gasteiger partial charge in [0.2, 0.25) is 5.91 Å². The fraction of sp³-hybridized carbons (Fsp3) is 0.406. The van der Waals surface area contributed by atoms with Crippen molar-refractivity contribution in [3.05, 3.63) is 99.9 Å². The van der Waals surface area contributed by atoms with Gasteiger partial charge in [-0.05, 0) is 93.2 Å². The number of rotatable bonds is 16. The van der Waals surface area contributed by atoms with Crippen LogP contribution in [-0.2, 0) is 25.7 Å². The predicted octanol–water partition coefficient (Wildman–Crippen LogP) is 5.63. The number of carbonyl (C=O) groups excluding carboxylic acids is 1. The van der Waals surface area contributed by atoms with Crippen LogP contribution in [0.5, 0.6) is 5.75 Å². The van der Waals surface area contributed by atoms with Crippen molar-refractivity contribution in [3.63, 3.8) is 0 Å². The van der Waals surface area contributed by atoms with Crippen LogP contribution < -0.4 is 15.8 Å². The maximum atomic E-state index is 14.2. The minimum Gasteiger partial charge on any atom is -0.493 e. The fourth-order valence-electron chi connectivity index (χ4n) is 4.69. The molecule has 0 fully saturated rings. The third kappa shape index (κ3) is 11.4. The minimum atomic E-state index is -4.40. The molecule has 10 heteroatoms. The van der Waals surface area contributed by atoms with Crippen LogP contribution in [0.1, 0.15) is 57.4 Å². The van der Waals surface area contributed by atoms with Crippen LogP contribution in [0.4, 0.5) is 17.6 Å². The molecule has 42 heavy (non-hydrogen) atoms. The number of alkyl halides is 3. The van der Waals surface area contributed by atoms with E-state index in [1.807, 2.05) is 26.1 Å². The molecule has 6 nitrogen and oxygen atoms in total. The predicted molar refractivity (Wildman–Crippen MR) is 155 cm³/mol. The van der Waals surface area contributed by atoms with E-state index in [2.05, 4.69) is 10.2 Å². The number of halogens is 4. The molecule has 228 valence electrons. The number of aliphatic hydroxyl groups is 1. The average Bonchev–Trinajstić information content (AvgIpc) is 2.91. The van der Waals surface area contributed by atoms with Crippen LogP contribution in [0.15, 0.2) is 60.7 Å². The van der Waals surface area contributed by atoms with Gasteiger partial charge in [0.1, 0.15) is 11.6 Å². The van der Waals surface area contributed by atoms with Crippen molar-refractivity contribution < 1.29 is 32.2 Å². The Kier molecular flexibility index (Phi) is 12.3. The lowest BCUT2D eigenvalue weighted by Gasteiger charge is -2.17. The lowest BCUT2D eigenvalue weighted by molar-refractivity contribution is -0.137. The summed E-state index contributed by atoms with van der Waals surface area (Å²) in [5, 5.41) is 13.3. The number of unbranched alkanes of at least 4 members (excludes halogenated alkanes) is 1. The number of primary amides is 1. The summed E-state index contributed by atoms with van der Waals surface area (Å²) in [6.07, 6.45) is -2.74. The second-order valence-electron chi connectivity index (χ2n) is 10.7. The largest absolute Gasteiger partial charge is 0.493 e. The number of nitrogens with one attached hydrogen (secondary N) is 1. The molecule has 0 aromatic heterocycles. The van der Waals surface area contributed by atoms with Crippen LogP contribution >= 0.6 is 0 Å². The number of hydrogen-bond donors (Lipinski definition) is 3. The molecule has 0 saturated heterocycles. The number of amides is 1. The maximum Gasteiger partial charge on any atom is 0.416 e. The summed E-state index contributed by atoms with van der Waals surface area (Å²) in [5.74, 6) is -0.442. The first-order valence-electron chi connectivity index (χ1n) is 13.9. The summed E-state index contributed by atoms with van der Waals surface area (Å²) in [4.78, 5) is 13.7. The molecule has 3 aromatic carbocycles. The average molecular weight is 590 g/mol. The molecule has 0 radical (unpaired) electrons. The van der Waals surface area contributed by atoms with Crippen molar-refractivity contribution in [1.82, 2.24) is 10.2 Å². The van der Waals surface area contributed by atoms with Crippen molar-refractivity contribution >= 4 is 5.91 Å². The van der Waals surface area contributed by atoms with Crippen molar-refractivity contribution in [2.45, 2.75) is 58.0 Å². The van der Waals surface area contributed by atoms with Crippen molar-refractivity contribution in [1.29, 1.82) is 0 Å². The summed E-state index contributed by atoms with van der Waals surface area (Å²) in [5.41, 5.74) is 8.37. The molecule has 0 aliphatic heterocycles. The van der Waals surface area contributed by atoms with E-state index >= 15 is 0 Å². The first-order valence-corrected chi connectivity index (χ1v) is 13.9. The van der Waals surface area contributed by atoms with Gasteiger partial charge < -0.3 is 25.8 Å². The molecule has 0 unspecified atom stereocenters. The highest BCUT2D eigenvalue weighted by atomic mass is 19.4. The molecule has 0 heterocycles. The molecular formula is C32H39F4N3O3. The zero-order valence-electron chi connectivity index (χ0n) is 24.0. The summed E-state index contributed by atoms with van der Waals surface area (Å²) < 4.78 is 58.6. The number of benzene rings is 3. The van der Waals surface area contributed by atoms with E-state index in [1.165, 1.54) is 18.2 Å². The SMILES string of the molecule is Cc1cc(CN(C)CCCCOc2cc(F)cc(CC[C@H](O)CNCc3cccc(C(F)(F)F)c3)c2)cc(C(N)=O)c1. The molecule has 0 aliphatic carbocycles. The van der Waals surface area contributed by atoms with Gasteiger partial charge in [0, 0.05) is 31.3 Å². The number of hydrogen-bond acceptors (Lipinski definition) is 5. The topological polar surface area (TPSA) is 87.8 Å². The Morgan fingerprint density at radius 2 is 1.83 bits per heavy atom. The first kappa shape index (κ1) is 33.0. The Labute approximate surface area is 244 Å². The number of ether oxygens (including phenoxy) is 1. The van der Waals surface area contributed by atoms with Gasteiger partial charge in [0.25, 0.3) is 0 Å². The van der Waals surface area contributed by atoms with E-state index in [-0.39, 0.29) is 13.1 Å². The van der Waals surface area contributed by atoms with E-state index in [9.17, 15) is 27.5 Å². The molecule has 0 bridgehead atoms. The molecule has 3 rings (SSSR count). The Bertz CT molecular complexity index is 1320. The van der Waals surface area contributed by atoms with Gasteiger partial charge in [0.05, 0.1) is 18.3 Å². The van der Waals surface area contributed by atoms with Gasteiger partial charge in [-0.2, -0.15) is 13.2 Å². The van der Waals surface area contributed by atoms with E-state index in [1.54, 1.807) is 18.2 Å². The van der Waals surface area contributed by atoms with Gasteiger partial charge in [-0.25, -0.2) is 4.39 Å². The van der Waals surface area contributed by atoms with Crippen LogP contribution in [0, 0.1) is 12.7 Å². The Morgan fingerprint density at radius 1 is 1.05 bits per heavy atom. The van der Waals surface area contributed by atoms with Crippen molar-refractivity contribution in [2.24, 2.45) is 5.73 Å². The van der Waals surface area contributed by atoms with Crippen LogP contribution in [0.25, 0.3) is 0 Å². The van der Waals surface area contributed by atoms with Crippen molar-refractivity contribution in [3.8, 4) is 5.75 Å². The summed E-state index contributed by atoms with van der Waals surface area (Å²) >= 11 is 0. The molecule has 1 atom stereocenters. The maximum absolute atomic E-state index is 14.2. The number of nitrogens with two attached hydrogens (primary N) is 1. The van der Waals surface area contributed by atoms with E-state index in [4.69, 9.17) is 10.5 Å². The lowest BCUT2D eigenvalue weighted by atomic mass is 10.1. The van der Waals surface area contributed by atoms with Gasteiger partial charge >= 0.3 is 6.18 Å². The third-order valence-electron chi connectivity index (χ3n) is 6.74. The van der Waals surface area contributed by atoms with Gasteiger partial charge in [-0.15, -0.1) is 0 Å². The number of nitrogens with zero attached hydrogens (tertiary/aromatic N) is 1. The van der Waals surface area contributed by atoms with Gasteiger partial charge in [-0.1, -0.05) is 29.8 Å². The normalized spacial score (nSPS) is 12.5. The number of carbonyl (C=O) groups is 1.